The van der Waals surface area contributed by atoms with Gasteiger partial charge in [0.25, 0.3) is 0 Å². The first kappa shape index (κ1) is 17.3. The molecule has 25 heavy (non-hydrogen) atoms. The second kappa shape index (κ2) is 6.76. The van der Waals surface area contributed by atoms with Gasteiger partial charge in [0, 0.05) is 5.39 Å². The highest BCUT2D eigenvalue weighted by Crippen LogP contribution is 2.35. The average molecular weight is 358 g/mol. The van der Waals surface area contributed by atoms with Crippen LogP contribution in [-0.4, -0.2) is 22.1 Å². The lowest BCUT2D eigenvalue weighted by Gasteiger charge is -2.11. The lowest BCUT2D eigenvalue weighted by Crippen LogP contribution is -2.12. The first-order valence-electron chi connectivity index (χ1n) is 8.11. The zero-order chi connectivity index (χ0) is 18.1. The van der Waals surface area contributed by atoms with Gasteiger partial charge in [-0.15, -0.1) is 0 Å². The van der Waals surface area contributed by atoms with Gasteiger partial charge >= 0.3 is 5.97 Å². The number of hydrogen-bond donors (Lipinski definition) is 1. The van der Waals surface area contributed by atoms with Crippen LogP contribution < -0.4 is 5.73 Å². The highest BCUT2D eigenvalue weighted by Gasteiger charge is 2.24. The quantitative estimate of drug-likeness (QED) is 0.713. The number of halogens is 1. The van der Waals surface area contributed by atoms with Crippen molar-refractivity contribution in [3.63, 3.8) is 0 Å². The van der Waals surface area contributed by atoms with Crippen LogP contribution in [0.5, 0.6) is 0 Å². The van der Waals surface area contributed by atoms with Crippen molar-refractivity contribution in [1.29, 1.82) is 0 Å². The van der Waals surface area contributed by atoms with Crippen LogP contribution in [0.1, 0.15) is 34.1 Å². The van der Waals surface area contributed by atoms with Gasteiger partial charge in [-0.05, 0) is 31.9 Å². The molecule has 0 aliphatic rings. The number of aryl methyl sites for hydroxylation is 2. The van der Waals surface area contributed by atoms with Crippen molar-refractivity contribution in [3.8, 4) is 0 Å². The number of carbonyl (C=O) groups excluding carboxylic acids is 1. The number of nitrogens with two attached hydrogens (primary N) is 1. The molecule has 3 rings (SSSR count). The van der Waals surface area contributed by atoms with E-state index in [4.69, 9.17) is 22.1 Å². The fourth-order valence-corrected chi connectivity index (χ4v) is 3.28. The van der Waals surface area contributed by atoms with Gasteiger partial charge in [-0.1, -0.05) is 41.9 Å². The standard InChI is InChI=1S/C19H20ClN3O2/c1-4-25-19(24)15-12(3)22-18-14(16(15)21)11(2)17(20)23(18)10-13-8-6-5-7-9-13/h5-9H,4,10H2,1-3H3,(H2,21,22). The third kappa shape index (κ3) is 2.96. The zero-order valence-electron chi connectivity index (χ0n) is 14.5. The van der Waals surface area contributed by atoms with E-state index in [1.54, 1.807) is 13.8 Å². The molecule has 0 amide bonds. The third-order valence-electron chi connectivity index (χ3n) is 4.24. The summed E-state index contributed by atoms with van der Waals surface area (Å²) in [6.45, 7) is 6.26. The number of benzene rings is 1. The van der Waals surface area contributed by atoms with Crippen molar-refractivity contribution >= 4 is 34.3 Å². The fraction of sp³-hybridized carbons (Fsp3) is 0.263. The monoisotopic (exact) mass is 357 g/mol. The smallest absolute Gasteiger partial charge is 0.342 e. The molecule has 0 bridgehead atoms. The van der Waals surface area contributed by atoms with E-state index in [1.165, 1.54) is 0 Å². The average Bonchev–Trinajstić information content (AvgIpc) is 2.81. The second-order valence-electron chi connectivity index (χ2n) is 5.89. The minimum atomic E-state index is -0.460. The van der Waals surface area contributed by atoms with Crippen LogP contribution >= 0.6 is 11.6 Å². The maximum absolute atomic E-state index is 12.2. The molecule has 6 heteroatoms. The van der Waals surface area contributed by atoms with E-state index in [9.17, 15) is 4.79 Å². The Bertz CT molecular complexity index is 949. The molecule has 0 fully saturated rings. The van der Waals surface area contributed by atoms with Crippen LogP contribution in [0, 0.1) is 13.8 Å². The molecule has 2 aromatic heterocycles. The normalized spacial score (nSPS) is 11.0. The number of ether oxygens (including phenoxy) is 1. The number of esters is 1. The molecule has 0 saturated carbocycles. The molecule has 0 atom stereocenters. The lowest BCUT2D eigenvalue weighted by molar-refractivity contribution is 0.0526. The van der Waals surface area contributed by atoms with Crippen LogP contribution in [0.4, 0.5) is 5.69 Å². The van der Waals surface area contributed by atoms with Crippen molar-refractivity contribution < 1.29 is 9.53 Å². The zero-order valence-corrected chi connectivity index (χ0v) is 15.2. The van der Waals surface area contributed by atoms with E-state index < -0.39 is 5.97 Å². The largest absolute Gasteiger partial charge is 0.462 e. The first-order chi connectivity index (χ1) is 12.0. The van der Waals surface area contributed by atoms with Crippen LogP contribution in [-0.2, 0) is 11.3 Å². The molecule has 0 saturated heterocycles. The molecular formula is C19H20ClN3O2. The number of rotatable bonds is 4. The summed E-state index contributed by atoms with van der Waals surface area (Å²) < 4.78 is 7.03. The Morgan fingerprint density at radius 3 is 2.60 bits per heavy atom. The Balaban J connectivity index is 2.21. The molecule has 0 aliphatic heterocycles. The summed E-state index contributed by atoms with van der Waals surface area (Å²) in [5.74, 6) is -0.460. The maximum atomic E-state index is 12.2. The summed E-state index contributed by atoms with van der Waals surface area (Å²) in [5, 5.41) is 1.27. The van der Waals surface area contributed by atoms with Crippen LogP contribution in [0.3, 0.4) is 0 Å². The number of fused-ring (bicyclic) bond motifs is 1. The molecule has 0 spiro atoms. The number of carbonyl (C=O) groups is 1. The van der Waals surface area contributed by atoms with Gasteiger partial charge < -0.3 is 15.0 Å². The SMILES string of the molecule is CCOC(=O)c1c(C)nc2c(c(C)c(Cl)n2Cc2ccccc2)c1N. The van der Waals surface area contributed by atoms with Crippen molar-refractivity contribution in [2.24, 2.45) is 0 Å². The molecule has 130 valence electrons. The van der Waals surface area contributed by atoms with E-state index in [0.29, 0.717) is 39.7 Å². The van der Waals surface area contributed by atoms with Crippen LogP contribution in [0.15, 0.2) is 30.3 Å². The van der Waals surface area contributed by atoms with E-state index in [0.717, 1.165) is 11.1 Å². The summed E-state index contributed by atoms with van der Waals surface area (Å²) in [7, 11) is 0. The van der Waals surface area contributed by atoms with E-state index in [1.807, 2.05) is 41.8 Å². The maximum Gasteiger partial charge on any atom is 0.342 e. The second-order valence-corrected chi connectivity index (χ2v) is 6.25. The Hall–Kier alpha value is -2.53. The van der Waals surface area contributed by atoms with Crippen molar-refractivity contribution in [3.05, 3.63) is 57.9 Å². The summed E-state index contributed by atoms with van der Waals surface area (Å²) in [4.78, 5) is 16.9. The summed E-state index contributed by atoms with van der Waals surface area (Å²) >= 11 is 6.56. The van der Waals surface area contributed by atoms with Crippen LogP contribution in [0.2, 0.25) is 5.15 Å². The molecule has 2 heterocycles. The van der Waals surface area contributed by atoms with E-state index in [2.05, 4.69) is 4.98 Å². The van der Waals surface area contributed by atoms with E-state index in [-0.39, 0.29) is 6.61 Å². The first-order valence-corrected chi connectivity index (χ1v) is 8.48. The van der Waals surface area contributed by atoms with Gasteiger partial charge in [0.15, 0.2) is 0 Å². The molecule has 5 nitrogen and oxygen atoms in total. The Morgan fingerprint density at radius 1 is 1.28 bits per heavy atom. The fourth-order valence-electron chi connectivity index (χ4n) is 3.05. The number of aromatic nitrogens is 2. The van der Waals surface area contributed by atoms with Crippen molar-refractivity contribution in [2.45, 2.75) is 27.3 Å². The number of nitrogen functional groups attached to an aromatic ring is 1. The predicted molar refractivity (Wildman–Crippen MR) is 100 cm³/mol. The molecule has 0 aliphatic carbocycles. The Labute approximate surface area is 151 Å². The molecule has 3 aromatic rings. The number of hydrogen-bond acceptors (Lipinski definition) is 4. The van der Waals surface area contributed by atoms with Gasteiger partial charge in [0.2, 0.25) is 0 Å². The summed E-state index contributed by atoms with van der Waals surface area (Å²) in [5.41, 5.74) is 10.1. The number of nitrogens with zero attached hydrogens (tertiary/aromatic N) is 2. The Kier molecular flexibility index (Phi) is 4.68. The molecular weight excluding hydrogens is 338 g/mol. The highest BCUT2D eigenvalue weighted by atomic mass is 35.5. The minimum Gasteiger partial charge on any atom is -0.462 e. The van der Waals surface area contributed by atoms with Crippen molar-refractivity contribution in [1.82, 2.24) is 9.55 Å². The molecule has 0 unspecified atom stereocenters. The van der Waals surface area contributed by atoms with Crippen LogP contribution in [0.25, 0.3) is 11.0 Å². The van der Waals surface area contributed by atoms with Gasteiger partial charge in [0.05, 0.1) is 24.5 Å². The number of anilines is 1. The van der Waals surface area contributed by atoms with E-state index >= 15 is 0 Å². The molecule has 1 aromatic carbocycles. The van der Waals surface area contributed by atoms with Gasteiger partial charge in [0.1, 0.15) is 16.4 Å². The summed E-state index contributed by atoms with van der Waals surface area (Å²) in [6.07, 6.45) is 0. The third-order valence-corrected chi connectivity index (χ3v) is 4.73. The predicted octanol–water partition coefficient (Wildman–Crippen LogP) is 4.11. The van der Waals surface area contributed by atoms with Gasteiger partial charge in [-0.3, -0.25) is 0 Å². The summed E-state index contributed by atoms with van der Waals surface area (Å²) in [6, 6.07) is 9.99. The lowest BCUT2D eigenvalue weighted by atomic mass is 10.1. The van der Waals surface area contributed by atoms with Gasteiger partial charge in [-0.25, -0.2) is 9.78 Å². The topological polar surface area (TPSA) is 70.1 Å². The Morgan fingerprint density at radius 2 is 1.96 bits per heavy atom. The molecule has 2 N–H and O–H groups in total. The van der Waals surface area contributed by atoms with Crippen molar-refractivity contribution in [2.75, 3.05) is 12.3 Å². The van der Waals surface area contributed by atoms with Gasteiger partial charge in [-0.2, -0.15) is 0 Å². The number of pyridine rings is 1. The molecule has 0 radical (unpaired) electrons. The minimum absolute atomic E-state index is 0.282. The highest BCUT2D eigenvalue weighted by molar-refractivity contribution is 6.32.